The molecule has 1 atom stereocenters. The maximum Gasteiger partial charge on any atom is 0.254 e. The number of amides is 2. The number of benzene rings is 2. The van der Waals surface area contributed by atoms with E-state index < -0.39 is 10.0 Å². The molecule has 8 nitrogen and oxygen atoms in total. The van der Waals surface area contributed by atoms with E-state index in [0.717, 1.165) is 5.56 Å². The highest BCUT2D eigenvalue weighted by Gasteiger charge is 2.30. The Hall–Kier alpha value is -3.22. The third-order valence-corrected chi connectivity index (χ3v) is 7.89. The van der Waals surface area contributed by atoms with Gasteiger partial charge in [-0.25, -0.2) is 8.42 Å². The smallest absolute Gasteiger partial charge is 0.254 e. The summed E-state index contributed by atoms with van der Waals surface area (Å²) in [4.78, 5) is 28.2. The third-order valence-electron chi connectivity index (χ3n) is 5.99. The van der Waals surface area contributed by atoms with Crippen molar-refractivity contribution in [3.63, 3.8) is 0 Å². The summed E-state index contributed by atoms with van der Waals surface area (Å²) >= 11 is 0. The summed E-state index contributed by atoms with van der Waals surface area (Å²) in [6.45, 7) is 6.80. The van der Waals surface area contributed by atoms with Gasteiger partial charge in [0.15, 0.2) is 0 Å². The zero-order chi connectivity index (χ0) is 24.2. The predicted octanol–water partition coefficient (Wildman–Crippen LogP) is 2.63. The van der Waals surface area contributed by atoms with Crippen molar-refractivity contribution in [1.29, 1.82) is 5.26 Å². The summed E-state index contributed by atoms with van der Waals surface area (Å²) in [5, 5.41) is 9.00. The van der Waals surface area contributed by atoms with Crippen molar-refractivity contribution in [3.8, 4) is 6.07 Å². The highest BCUT2D eigenvalue weighted by atomic mass is 32.2. The van der Waals surface area contributed by atoms with Gasteiger partial charge in [-0.15, -0.1) is 0 Å². The molecule has 1 heterocycles. The minimum Gasteiger partial charge on any atom is -0.340 e. The van der Waals surface area contributed by atoms with Crippen LogP contribution in [0.15, 0.2) is 53.4 Å². The Bertz CT molecular complexity index is 1160. The second-order valence-electron chi connectivity index (χ2n) is 7.94. The number of hydrogen-bond acceptors (Lipinski definition) is 5. The van der Waals surface area contributed by atoms with Crippen molar-refractivity contribution in [2.75, 3.05) is 32.7 Å². The van der Waals surface area contributed by atoms with E-state index in [0.29, 0.717) is 30.8 Å². The van der Waals surface area contributed by atoms with Crippen LogP contribution in [-0.2, 0) is 14.8 Å². The average molecular weight is 469 g/mol. The fraction of sp³-hybridized carbons (Fsp3) is 0.375. The summed E-state index contributed by atoms with van der Waals surface area (Å²) in [7, 11) is -3.79. The van der Waals surface area contributed by atoms with Crippen LogP contribution >= 0.6 is 0 Å². The Labute approximate surface area is 195 Å². The van der Waals surface area contributed by atoms with Gasteiger partial charge in [-0.05, 0) is 49.7 Å². The van der Waals surface area contributed by atoms with Gasteiger partial charge >= 0.3 is 0 Å². The van der Waals surface area contributed by atoms with Crippen LogP contribution < -0.4 is 0 Å². The predicted molar refractivity (Wildman–Crippen MR) is 124 cm³/mol. The quantitative estimate of drug-likeness (QED) is 0.649. The Morgan fingerprint density at radius 3 is 2.27 bits per heavy atom. The zero-order valence-corrected chi connectivity index (χ0v) is 19.9. The number of rotatable bonds is 6. The molecule has 9 heteroatoms. The van der Waals surface area contributed by atoms with Crippen LogP contribution in [0.1, 0.15) is 48.3 Å². The molecule has 1 aliphatic rings. The summed E-state index contributed by atoms with van der Waals surface area (Å²) < 4.78 is 27.7. The SMILES string of the molecule is CCN(C(=O)c1cccc(S(=O)(=O)N2CCN(C(C)=O)CC2)c1)C(C)c1ccc(C#N)cc1. The number of nitrogens with zero attached hydrogens (tertiary/aromatic N) is 4. The van der Waals surface area contributed by atoms with Crippen LogP contribution in [0.5, 0.6) is 0 Å². The minimum atomic E-state index is -3.79. The van der Waals surface area contributed by atoms with E-state index in [9.17, 15) is 18.0 Å². The van der Waals surface area contributed by atoms with E-state index in [-0.39, 0.29) is 35.8 Å². The first kappa shape index (κ1) is 24.4. The van der Waals surface area contributed by atoms with Crippen LogP contribution in [-0.4, -0.2) is 67.1 Å². The largest absolute Gasteiger partial charge is 0.340 e. The van der Waals surface area contributed by atoms with Crippen molar-refractivity contribution in [2.45, 2.75) is 31.7 Å². The number of carbonyl (C=O) groups excluding carboxylic acids is 2. The van der Waals surface area contributed by atoms with E-state index in [1.54, 1.807) is 34.1 Å². The lowest BCUT2D eigenvalue weighted by atomic mass is 10.0. The molecule has 2 aromatic carbocycles. The number of sulfonamides is 1. The van der Waals surface area contributed by atoms with E-state index >= 15 is 0 Å². The molecule has 1 saturated heterocycles. The van der Waals surface area contributed by atoms with Crippen LogP contribution in [0.4, 0.5) is 0 Å². The molecule has 0 bridgehead atoms. The molecule has 0 spiro atoms. The topological polar surface area (TPSA) is 102 Å². The van der Waals surface area contributed by atoms with Crippen molar-refractivity contribution in [3.05, 3.63) is 65.2 Å². The van der Waals surface area contributed by atoms with Gasteiger partial charge in [0.2, 0.25) is 15.9 Å². The Kier molecular flexibility index (Phi) is 7.51. The molecule has 0 radical (unpaired) electrons. The molecule has 1 fully saturated rings. The molecule has 2 aromatic rings. The standard InChI is InChI=1S/C24H28N4O4S/c1-4-28(18(2)21-10-8-20(17-25)9-11-21)24(30)22-6-5-7-23(16-22)33(31,32)27-14-12-26(13-15-27)19(3)29/h5-11,16,18H,4,12-15H2,1-3H3. The van der Waals surface area contributed by atoms with E-state index in [1.165, 1.54) is 23.4 Å². The van der Waals surface area contributed by atoms with E-state index in [2.05, 4.69) is 6.07 Å². The maximum atomic E-state index is 13.3. The van der Waals surface area contributed by atoms with Gasteiger partial charge in [-0.2, -0.15) is 9.57 Å². The normalized spacial score (nSPS) is 15.5. The fourth-order valence-electron chi connectivity index (χ4n) is 3.96. The van der Waals surface area contributed by atoms with Gasteiger partial charge in [0.25, 0.3) is 5.91 Å². The van der Waals surface area contributed by atoms with Gasteiger partial charge in [0.05, 0.1) is 22.6 Å². The molecule has 174 valence electrons. The molecule has 3 rings (SSSR count). The van der Waals surface area contributed by atoms with Crippen LogP contribution in [0, 0.1) is 11.3 Å². The lowest BCUT2D eigenvalue weighted by Gasteiger charge is -2.33. The molecular weight excluding hydrogens is 440 g/mol. The number of hydrogen-bond donors (Lipinski definition) is 0. The summed E-state index contributed by atoms with van der Waals surface area (Å²) in [6, 6.07) is 15.0. The molecule has 2 amide bonds. The van der Waals surface area contributed by atoms with Crippen LogP contribution in [0.25, 0.3) is 0 Å². The molecule has 0 saturated carbocycles. The van der Waals surface area contributed by atoms with Crippen molar-refractivity contribution in [2.24, 2.45) is 0 Å². The van der Waals surface area contributed by atoms with Gasteiger partial charge in [-0.3, -0.25) is 9.59 Å². The van der Waals surface area contributed by atoms with Crippen molar-refractivity contribution < 1.29 is 18.0 Å². The highest BCUT2D eigenvalue weighted by Crippen LogP contribution is 2.25. The number of nitriles is 1. The second kappa shape index (κ2) is 10.1. The minimum absolute atomic E-state index is 0.0618. The molecule has 0 aromatic heterocycles. The molecule has 1 unspecified atom stereocenters. The lowest BCUT2D eigenvalue weighted by Crippen LogP contribution is -2.49. The summed E-state index contributed by atoms with van der Waals surface area (Å²) in [6.07, 6.45) is 0. The monoisotopic (exact) mass is 468 g/mol. The van der Waals surface area contributed by atoms with Gasteiger partial charge in [0, 0.05) is 45.2 Å². The molecular formula is C24H28N4O4S. The second-order valence-corrected chi connectivity index (χ2v) is 9.88. The first-order chi connectivity index (χ1) is 15.7. The van der Waals surface area contributed by atoms with Crippen LogP contribution in [0.2, 0.25) is 0 Å². The highest BCUT2D eigenvalue weighted by molar-refractivity contribution is 7.89. The first-order valence-electron chi connectivity index (χ1n) is 10.9. The molecule has 0 N–H and O–H groups in total. The van der Waals surface area contributed by atoms with Gasteiger partial charge < -0.3 is 9.80 Å². The van der Waals surface area contributed by atoms with Gasteiger partial charge in [0.1, 0.15) is 0 Å². The first-order valence-corrected chi connectivity index (χ1v) is 12.3. The third kappa shape index (κ3) is 5.24. The maximum absolute atomic E-state index is 13.3. The average Bonchev–Trinajstić information content (AvgIpc) is 2.84. The lowest BCUT2D eigenvalue weighted by molar-refractivity contribution is -0.129. The van der Waals surface area contributed by atoms with Crippen LogP contribution in [0.3, 0.4) is 0 Å². The fourth-order valence-corrected chi connectivity index (χ4v) is 5.43. The zero-order valence-electron chi connectivity index (χ0n) is 19.1. The number of piperazine rings is 1. The Morgan fingerprint density at radius 1 is 1.09 bits per heavy atom. The van der Waals surface area contributed by atoms with Crippen molar-refractivity contribution in [1.82, 2.24) is 14.1 Å². The number of carbonyl (C=O) groups is 2. The van der Waals surface area contributed by atoms with Crippen molar-refractivity contribution >= 4 is 21.8 Å². The van der Waals surface area contributed by atoms with Gasteiger partial charge in [-0.1, -0.05) is 18.2 Å². The van der Waals surface area contributed by atoms with E-state index in [1.807, 2.05) is 26.0 Å². The Balaban J connectivity index is 1.81. The summed E-state index contributed by atoms with van der Waals surface area (Å²) in [5.41, 5.74) is 1.72. The molecule has 1 aliphatic heterocycles. The summed E-state index contributed by atoms with van der Waals surface area (Å²) in [5.74, 6) is -0.344. The molecule has 0 aliphatic carbocycles. The van der Waals surface area contributed by atoms with E-state index in [4.69, 9.17) is 5.26 Å². The molecule has 33 heavy (non-hydrogen) atoms. The Morgan fingerprint density at radius 2 is 1.73 bits per heavy atom.